The van der Waals surface area contributed by atoms with Crippen molar-refractivity contribution in [2.75, 3.05) is 117 Å². The van der Waals surface area contributed by atoms with Crippen molar-refractivity contribution in [1.82, 2.24) is 0 Å². The molecule has 0 aliphatic heterocycles. The standard InChI is InChI=1S/C14H25IO7.C11H23NO6.I7.I6/c15-12-13(16)2-1-4-19-6-8-21-10-11-22-9-7-20-5-3-14(17)18;12-2-4-16-6-8-18-10-9-17-7-5-15-3-1-11(13)14;1-5-7(4)6(2)3;1-5(2)6(3)4/h1-12H2,(H,17,18);1-10,12H2,(H,13,14);;/q;;-1;. The Bertz CT molecular complexity index is 786. The van der Waals surface area contributed by atoms with E-state index in [4.69, 9.17) is 53.8 Å². The van der Waals surface area contributed by atoms with Gasteiger partial charge in [0.2, 0.25) is 0 Å². The molecule has 0 aliphatic rings. The van der Waals surface area contributed by atoms with E-state index < -0.39 is 11.9 Å². The van der Waals surface area contributed by atoms with Gasteiger partial charge in [-0.05, 0) is 6.42 Å². The second-order valence-electron chi connectivity index (χ2n) is 8.45. The van der Waals surface area contributed by atoms with Crippen molar-refractivity contribution in [3.63, 3.8) is 0 Å². The molecule has 0 spiro atoms. The van der Waals surface area contributed by atoms with Crippen molar-refractivity contribution in [3.8, 4) is 0 Å². The summed E-state index contributed by atoms with van der Waals surface area (Å²) in [6.07, 6.45) is 1.36. The van der Waals surface area contributed by atoms with Gasteiger partial charge >= 0.3 is 206 Å². The van der Waals surface area contributed by atoms with E-state index in [1.165, 1.54) is 0 Å². The van der Waals surface area contributed by atoms with Crippen LogP contribution in [0, 0.1) is 0 Å². The second-order valence-corrected chi connectivity index (χ2v) is 220. The summed E-state index contributed by atoms with van der Waals surface area (Å²) in [6.45, 7) is 7.70. The van der Waals surface area contributed by atoms with Crippen molar-refractivity contribution in [1.29, 1.82) is 0 Å². The molecule has 53 heavy (non-hydrogen) atoms. The minimum absolute atomic E-state index is 0.00927. The number of ketones is 1. The Morgan fingerprint density at radius 2 is 0.792 bits per heavy atom. The second kappa shape index (κ2) is 58.5. The van der Waals surface area contributed by atoms with E-state index in [9.17, 15) is 14.4 Å². The summed E-state index contributed by atoms with van der Waals surface area (Å²) in [6, 6.07) is 0. The van der Waals surface area contributed by atoms with Crippen LogP contribution in [0.4, 0.5) is 0 Å². The molecule has 0 radical (unpaired) electrons. The van der Waals surface area contributed by atoms with Crippen LogP contribution < -0.4 is 19.0 Å². The van der Waals surface area contributed by atoms with Gasteiger partial charge in [-0.2, -0.15) is 0 Å². The van der Waals surface area contributed by atoms with Gasteiger partial charge in [-0.1, -0.05) is 22.6 Å². The summed E-state index contributed by atoms with van der Waals surface area (Å²) in [5, 5.41) is 16.7. The molecule has 14 nitrogen and oxygen atoms in total. The summed E-state index contributed by atoms with van der Waals surface area (Å²) in [7, 11) is -1.12. The zero-order valence-electron chi connectivity index (χ0n) is 28.3. The summed E-state index contributed by atoms with van der Waals surface area (Å²) in [5.41, 5.74) is 5.25. The summed E-state index contributed by atoms with van der Waals surface area (Å²) >= 11 is 24.0. The molecule has 0 amide bonds. The molecular weight excluding hydrogens is 2300 g/mol. The van der Waals surface area contributed by atoms with Crippen molar-refractivity contribution < 1.29 is 75.7 Å². The first kappa shape index (κ1) is 68.1. The minimum Gasteiger partial charge on any atom is -0.481 e. The molecular formula is C25H48I14NO13-. The van der Waals surface area contributed by atoms with Crippen LogP contribution in [0.1, 0.15) is 25.7 Å². The van der Waals surface area contributed by atoms with Crippen molar-refractivity contribution >= 4 is 221 Å². The fraction of sp³-hybridized carbons (Fsp3) is 0.880. The Morgan fingerprint density at radius 1 is 0.491 bits per heavy atom. The van der Waals surface area contributed by atoms with Crippen molar-refractivity contribution in [2.45, 2.75) is 25.7 Å². The maximum Gasteiger partial charge on any atom is 0.305 e. The van der Waals surface area contributed by atoms with Crippen LogP contribution in [0.5, 0.6) is 0 Å². The quantitative estimate of drug-likeness (QED) is 0.0316. The number of carboxylic acids is 2. The number of alkyl halides is 1. The zero-order chi connectivity index (χ0) is 41.0. The largest absolute Gasteiger partial charge is 0.481 e. The fourth-order valence-corrected chi connectivity index (χ4v) is 212. The average Bonchev–Trinajstić information content (AvgIpc) is 3.11. The Balaban J connectivity index is -0.000000343. The predicted molar refractivity (Wildman–Crippen MR) is 321 cm³/mol. The van der Waals surface area contributed by atoms with E-state index in [2.05, 4.69) is 172 Å². The molecule has 4 N–H and O–H groups in total. The van der Waals surface area contributed by atoms with Crippen LogP contribution in [0.3, 0.4) is 0 Å². The van der Waals surface area contributed by atoms with E-state index in [-0.39, 0.29) is 63.4 Å². The third-order valence-corrected chi connectivity index (χ3v) is 418. The Morgan fingerprint density at radius 3 is 1.02 bits per heavy atom. The van der Waals surface area contributed by atoms with Crippen LogP contribution in [0.15, 0.2) is 0 Å². The molecule has 0 atom stereocenters. The van der Waals surface area contributed by atoms with Crippen molar-refractivity contribution in [2.24, 2.45) is 5.73 Å². The fourth-order valence-electron chi connectivity index (χ4n) is 2.38. The van der Waals surface area contributed by atoms with Crippen LogP contribution >= 0.6 is 203 Å². The van der Waals surface area contributed by atoms with Crippen LogP contribution in [-0.2, 0) is 52.3 Å². The van der Waals surface area contributed by atoms with E-state index in [1.807, 2.05) is 0 Å². The first-order valence-corrected chi connectivity index (χ1v) is 85.5. The SMILES string of the molecule is II(I)I(I)I.I[I-]I(I)I(I)I.NCCOCCOCCOCCOCCC(=O)O.O=C(O)CCOCCOCCOCCOCCCC(=O)CI. The third kappa shape index (κ3) is 72.3. The van der Waals surface area contributed by atoms with Gasteiger partial charge in [-0.3, -0.25) is 14.4 Å². The smallest absolute Gasteiger partial charge is 0.305 e. The number of Topliss-reactive ketones (excluding diaryl/α,β-unsaturated/α-hetero) is 1. The molecule has 0 aromatic heterocycles. The van der Waals surface area contributed by atoms with E-state index in [0.717, 1.165) is 6.42 Å². The predicted octanol–water partition coefficient (Wildman–Crippen LogP) is 8.43. The number of nitrogens with two attached hydrogens (primary N) is 1. The number of hydrogen-bond acceptors (Lipinski definition) is 12. The van der Waals surface area contributed by atoms with Gasteiger partial charge in [0.05, 0.1) is 116 Å². The molecule has 0 saturated carbocycles. The number of aliphatic carboxylic acids is 2. The van der Waals surface area contributed by atoms with Gasteiger partial charge in [0.1, 0.15) is 5.78 Å². The monoisotopic (exact) mass is 2350 g/mol. The van der Waals surface area contributed by atoms with E-state index in [0.29, 0.717) is 123 Å². The maximum absolute atomic E-state index is 11.0. The van der Waals surface area contributed by atoms with Crippen LogP contribution in [0.2, 0.25) is 0 Å². The van der Waals surface area contributed by atoms with Gasteiger partial charge in [0.25, 0.3) is 0 Å². The Labute approximate surface area is 433 Å². The zero-order valence-corrected chi connectivity index (χ0v) is 58.5. The van der Waals surface area contributed by atoms with Gasteiger partial charge < -0.3 is 53.8 Å². The molecule has 0 heterocycles. The Hall–Kier alpha value is 8.47. The summed E-state index contributed by atoms with van der Waals surface area (Å²) in [4.78, 5) is 31.4. The minimum atomic E-state index is -0.867. The maximum atomic E-state index is 11.0. The number of hydrogen-bond donors (Lipinski definition) is 3. The van der Waals surface area contributed by atoms with Gasteiger partial charge in [-0.25, -0.2) is 0 Å². The summed E-state index contributed by atoms with van der Waals surface area (Å²) < 4.78 is 42.1. The number of carbonyl (C=O) groups is 3. The Kier molecular flexibility index (Phi) is 75.1. The third-order valence-electron chi connectivity index (χ3n) is 4.51. The topological polar surface area (TPSA) is 192 Å². The molecule has 0 rings (SSSR count). The summed E-state index contributed by atoms with van der Waals surface area (Å²) in [5.74, 6) is -1.47. The molecule has 28 heteroatoms. The molecule has 330 valence electrons. The molecule has 0 unspecified atom stereocenters. The number of rotatable bonds is 34. The normalized spacial score (nSPS) is 11.6. The van der Waals surface area contributed by atoms with E-state index >= 15 is 0 Å². The number of carbonyl (C=O) groups excluding carboxylic acids is 1. The van der Waals surface area contributed by atoms with Crippen LogP contribution in [-0.4, -0.2) is 145 Å². The number of ether oxygens (including phenoxy) is 8. The van der Waals surface area contributed by atoms with Gasteiger partial charge in [0, 0.05) is 19.6 Å². The van der Waals surface area contributed by atoms with Crippen LogP contribution in [0.25, 0.3) is 0 Å². The number of carboxylic acid groups (broad SMARTS) is 2. The average molecular weight is 2350 g/mol. The van der Waals surface area contributed by atoms with Gasteiger partial charge in [0.15, 0.2) is 0 Å². The molecule has 0 bridgehead atoms. The molecule has 0 aromatic rings. The first-order valence-electron chi connectivity index (χ1n) is 14.8. The first-order chi connectivity index (χ1) is 25.3. The molecule has 0 fully saturated rings. The van der Waals surface area contributed by atoms with Crippen molar-refractivity contribution in [3.05, 3.63) is 0 Å². The van der Waals surface area contributed by atoms with E-state index in [1.54, 1.807) is 0 Å². The molecule has 0 aromatic carbocycles. The molecule has 0 aliphatic carbocycles. The molecule has 0 saturated heterocycles. The van der Waals surface area contributed by atoms with Gasteiger partial charge in [-0.15, -0.1) is 0 Å². The number of halogens is 14.